The van der Waals surface area contributed by atoms with Crippen LogP contribution in [0.2, 0.25) is 0 Å². The largest absolute Gasteiger partial charge is 0.497 e. The quantitative estimate of drug-likeness (QED) is 0.602. The third-order valence-corrected chi connectivity index (χ3v) is 7.76. The van der Waals surface area contributed by atoms with Gasteiger partial charge in [-0.1, -0.05) is 31.5 Å². The van der Waals surface area contributed by atoms with Gasteiger partial charge in [0, 0.05) is 16.6 Å². The number of nitrogens with one attached hydrogen (secondary N) is 1. The maximum absolute atomic E-state index is 13.8. The highest BCUT2D eigenvalue weighted by Gasteiger charge is 2.58. The van der Waals surface area contributed by atoms with E-state index in [0.29, 0.717) is 23.3 Å². The third kappa shape index (κ3) is 2.55. The number of hydrogen-bond donors (Lipinski definition) is 1. The number of fused-ring (bicyclic) bond motifs is 8. The van der Waals surface area contributed by atoms with Crippen LogP contribution in [-0.2, 0) is 9.59 Å². The van der Waals surface area contributed by atoms with Crippen molar-refractivity contribution in [2.75, 3.05) is 12.0 Å². The number of aromatic amines is 1. The lowest BCUT2D eigenvalue weighted by Crippen LogP contribution is -2.39. The van der Waals surface area contributed by atoms with Crippen LogP contribution in [0.15, 0.2) is 48.5 Å². The Labute approximate surface area is 181 Å². The van der Waals surface area contributed by atoms with Crippen molar-refractivity contribution < 1.29 is 14.3 Å². The molecule has 3 aliphatic rings. The molecule has 2 amide bonds. The average Bonchev–Trinajstić information content (AvgIpc) is 3.29. The fourth-order valence-corrected chi connectivity index (χ4v) is 6.42. The molecular formula is C26H26N2O3. The summed E-state index contributed by atoms with van der Waals surface area (Å²) in [5.41, 5.74) is 3.94. The number of methoxy groups -OCH3 is 1. The normalized spacial score (nSPS) is 29.6. The second-order valence-electron chi connectivity index (χ2n) is 9.40. The summed E-state index contributed by atoms with van der Waals surface area (Å²) < 4.78 is 5.25. The van der Waals surface area contributed by atoms with Crippen molar-refractivity contribution in [2.45, 2.75) is 38.0 Å². The first kappa shape index (κ1) is 18.7. The Bertz CT molecular complexity index is 1200. The summed E-state index contributed by atoms with van der Waals surface area (Å²) in [6, 6.07) is 15.5. The van der Waals surface area contributed by atoms with Crippen LogP contribution in [0.1, 0.15) is 49.3 Å². The van der Waals surface area contributed by atoms with E-state index < -0.39 is 5.92 Å². The van der Waals surface area contributed by atoms with Crippen LogP contribution in [0.25, 0.3) is 10.9 Å². The molecular weight excluding hydrogens is 388 g/mol. The SMILES string of the molecule is COc1ccc(N2C(=O)C3c4[nH]c5ccccc5c4C4CCC(C)CC4C3C2=O)cc1. The fraction of sp³-hybridized carbons (Fsp3) is 0.385. The second-order valence-corrected chi connectivity index (χ2v) is 9.40. The maximum Gasteiger partial charge on any atom is 0.243 e. The average molecular weight is 415 g/mol. The van der Waals surface area contributed by atoms with E-state index in [4.69, 9.17) is 4.74 Å². The Morgan fingerprint density at radius 3 is 2.55 bits per heavy atom. The molecule has 2 fully saturated rings. The Balaban J connectivity index is 1.52. The lowest BCUT2D eigenvalue weighted by molar-refractivity contribution is -0.123. The van der Waals surface area contributed by atoms with Gasteiger partial charge in [0.1, 0.15) is 5.75 Å². The van der Waals surface area contributed by atoms with E-state index in [9.17, 15) is 9.59 Å². The summed E-state index contributed by atoms with van der Waals surface area (Å²) in [4.78, 5) is 32.5. The van der Waals surface area contributed by atoms with Crippen LogP contribution < -0.4 is 9.64 Å². The minimum absolute atomic E-state index is 0.0476. The molecule has 1 saturated carbocycles. The van der Waals surface area contributed by atoms with Gasteiger partial charge in [0.15, 0.2) is 0 Å². The van der Waals surface area contributed by atoms with Crippen LogP contribution in [0, 0.1) is 17.8 Å². The Kier molecular flexibility index (Phi) is 4.04. The monoisotopic (exact) mass is 414 g/mol. The minimum Gasteiger partial charge on any atom is -0.497 e. The van der Waals surface area contributed by atoms with Crippen LogP contribution in [0.3, 0.4) is 0 Å². The Hall–Kier alpha value is -3.08. The zero-order chi connectivity index (χ0) is 21.3. The molecule has 5 unspecified atom stereocenters. The van der Waals surface area contributed by atoms with E-state index in [2.05, 4.69) is 30.1 Å². The molecule has 5 heteroatoms. The molecule has 5 atom stereocenters. The molecule has 2 aliphatic carbocycles. The number of para-hydroxylation sites is 1. The van der Waals surface area contributed by atoms with E-state index in [-0.39, 0.29) is 23.7 Å². The van der Waals surface area contributed by atoms with Crippen LogP contribution in [0.5, 0.6) is 5.75 Å². The summed E-state index contributed by atoms with van der Waals surface area (Å²) in [6.45, 7) is 2.28. The maximum atomic E-state index is 13.8. The topological polar surface area (TPSA) is 62.4 Å². The van der Waals surface area contributed by atoms with E-state index in [1.165, 1.54) is 22.3 Å². The third-order valence-electron chi connectivity index (χ3n) is 7.76. The molecule has 1 aliphatic heterocycles. The van der Waals surface area contributed by atoms with Crippen molar-refractivity contribution >= 4 is 28.4 Å². The van der Waals surface area contributed by atoms with Gasteiger partial charge in [-0.05, 0) is 66.5 Å². The van der Waals surface area contributed by atoms with Crippen LogP contribution in [0.4, 0.5) is 5.69 Å². The lowest BCUT2D eigenvalue weighted by Gasteiger charge is -2.43. The Morgan fingerprint density at radius 1 is 1.00 bits per heavy atom. The molecule has 1 saturated heterocycles. The van der Waals surface area contributed by atoms with E-state index in [0.717, 1.165) is 24.1 Å². The Morgan fingerprint density at radius 2 is 1.77 bits per heavy atom. The van der Waals surface area contributed by atoms with Gasteiger partial charge in [-0.25, -0.2) is 4.90 Å². The first-order valence-corrected chi connectivity index (χ1v) is 11.2. The molecule has 2 aromatic carbocycles. The summed E-state index contributed by atoms with van der Waals surface area (Å²) in [7, 11) is 1.61. The molecule has 3 aromatic rings. The number of nitrogens with zero attached hydrogens (tertiary/aromatic N) is 1. The number of benzene rings is 2. The first-order chi connectivity index (χ1) is 15.1. The summed E-state index contributed by atoms with van der Waals surface area (Å²) in [5.74, 6) is 0.951. The molecule has 0 spiro atoms. The van der Waals surface area contributed by atoms with Crippen molar-refractivity contribution in [3.05, 3.63) is 59.8 Å². The smallest absolute Gasteiger partial charge is 0.243 e. The summed E-state index contributed by atoms with van der Waals surface area (Å²) >= 11 is 0. The highest BCUT2D eigenvalue weighted by atomic mass is 16.5. The zero-order valence-electron chi connectivity index (χ0n) is 17.8. The molecule has 6 rings (SSSR count). The number of carbonyl (C=O) groups is 2. The van der Waals surface area contributed by atoms with Crippen molar-refractivity contribution in [3.8, 4) is 5.75 Å². The van der Waals surface area contributed by atoms with Crippen molar-refractivity contribution in [3.63, 3.8) is 0 Å². The predicted octanol–water partition coefficient (Wildman–Crippen LogP) is 4.98. The van der Waals surface area contributed by atoms with Gasteiger partial charge in [-0.15, -0.1) is 0 Å². The molecule has 1 N–H and O–H groups in total. The van der Waals surface area contributed by atoms with E-state index >= 15 is 0 Å². The van der Waals surface area contributed by atoms with Crippen molar-refractivity contribution in [2.24, 2.45) is 17.8 Å². The predicted molar refractivity (Wildman–Crippen MR) is 119 cm³/mol. The van der Waals surface area contributed by atoms with Crippen LogP contribution in [-0.4, -0.2) is 23.9 Å². The lowest BCUT2D eigenvalue weighted by atomic mass is 9.59. The number of ether oxygens (including phenoxy) is 1. The number of anilines is 1. The van der Waals surface area contributed by atoms with Crippen molar-refractivity contribution in [1.29, 1.82) is 0 Å². The first-order valence-electron chi connectivity index (χ1n) is 11.2. The molecule has 1 aromatic heterocycles. The molecule has 0 bridgehead atoms. The highest BCUT2D eigenvalue weighted by Crippen LogP contribution is 2.58. The minimum atomic E-state index is -0.427. The van der Waals surface area contributed by atoms with Gasteiger partial charge in [-0.3, -0.25) is 9.59 Å². The number of amides is 2. The van der Waals surface area contributed by atoms with E-state index in [1.807, 2.05) is 6.07 Å². The molecule has 0 radical (unpaired) electrons. The number of imide groups is 1. The van der Waals surface area contributed by atoms with Gasteiger partial charge in [0.05, 0.1) is 24.6 Å². The summed E-state index contributed by atoms with van der Waals surface area (Å²) in [5, 5.41) is 1.21. The van der Waals surface area contributed by atoms with E-state index in [1.54, 1.807) is 31.4 Å². The highest BCUT2D eigenvalue weighted by molar-refractivity contribution is 6.24. The standard InChI is InChI=1S/C26H26N2O3/c1-14-7-12-17-19(13-14)22-23(24-21(17)18-5-3-4-6-20(18)27-24)26(30)28(25(22)29)15-8-10-16(31-2)11-9-15/h3-6,8-11,14,17,19,22-23,27H,7,12-13H2,1-2H3. The van der Waals surface area contributed by atoms with Gasteiger partial charge in [0.2, 0.25) is 11.8 Å². The number of hydrogen-bond acceptors (Lipinski definition) is 3. The van der Waals surface area contributed by atoms with Gasteiger partial charge >= 0.3 is 0 Å². The zero-order valence-corrected chi connectivity index (χ0v) is 17.8. The number of aromatic nitrogens is 1. The van der Waals surface area contributed by atoms with Crippen molar-refractivity contribution in [1.82, 2.24) is 4.98 Å². The fourth-order valence-electron chi connectivity index (χ4n) is 6.42. The van der Waals surface area contributed by atoms with Gasteiger partial charge < -0.3 is 9.72 Å². The summed E-state index contributed by atoms with van der Waals surface area (Å²) in [6.07, 6.45) is 3.25. The molecule has 2 heterocycles. The number of carbonyl (C=O) groups excluding carboxylic acids is 2. The van der Waals surface area contributed by atoms with Crippen LogP contribution >= 0.6 is 0 Å². The van der Waals surface area contributed by atoms with Gasteiger partial charge in [0.25, 0.3) is 0 Å². The number of rotatable bonds is 2. The van der Waals surface area contributed by atoms with Gasteiger partial charge in [-0.2, -0.15) is 0 Å². The molecule has 5 nitrogen and oxygen atoms in total. The molecule has 158 valence electrons. The second kappa shape index (κ2) is 6.71. The molecule has 31 heavy (non-hydrogen) atoms. The number of H-pyrrole nitrogens is 1.